The van der Waals surface area contributed by atoms with E-state index in [2.05, 4.69) is 15.9 Å². The van der Waals surface area contributed by atoms with E-state index < -0.39 is 47.4 Å². The molecule has 0 aliphatic carbocycles. The number of hydrogen-bond acceptors (Lipinski definition) is 9. The molecule has 32 heavy (non-hydrogen) atoms. The molecule has 2 amide bonds. The molecule has 182 valence electrons. The number of aliphatic hydroxyl groups excluding tert-OH is 1. The average molecular weight is 522 g/mol. The summed E-state index contributed by atoms with van der Waals surface area (Å²) in [5.41, 5.74) is -0.922. The highest BCUT2D eigenvalue weighted by Crippen LogP contribution is 2.38. The summed E-state index contributed by atoms with van der Waals surface area (Å²) in [6.07, 6.45) is -2.21. The van der Waals surface area contributed by atoms with E-state index in [4.69, 9.17) is 24.1 Å². The Labute approximate surface area is 195 Å². The number of cyclic esters (lactones) is 1. The summed E-state index contributed by atoms with van der Waals surface area (Å²) in [7, 11) is 1.23. The van der Waals surface area contributed by atoms with Gasteiger partial charge >= 0.3 is 6.09 Å². The Balaban J connectivity index is 2.24. The standard InChI is InChI=1S/C21H32BrNO9/c1-12(2)17-20(3,4)32-19(27)23(17)18(26)16(29-5)15-13(25)11-14(22)21(28,31-15)7-6-9-30-10-8-24/h11-12,15-17,24,28H,6-10H2,1-5H3/t15-,16+,17+,21-/m0/s1. The largest absolute Gasteiger partial charge is 0.441 e. The third-order valence-corrected chi connectivity index (χ3v) is 6.31. The molecule has 0 bridgehead atoms. The molecular formula is C21H32BrNO9. The molecule has 1 saturated heterocycles. The Kier molecular flexibility index (Phi) is 8.99. The van der Waals surface area contributed by atoms with Gasteiger partial charge in [0.1, 0.15) is 5.60 Å². The van der Waals surface area contributed by atoms with Crippen molar-refractivity contribution in [1.82, 2.24) is 4.90 Å². The third-order valence-electron chi connectivity index (χ3n) is 5.46. The minimum Gasteiger partial charge on any atom is -0.441 e. The maximum atomic E-state index is 13.4. The fourth-order valence-corrected chi connectivity index (χ4v) is 4.71. The summed E-state index contributed by atoms with van der Waals surface area (Å²) >= 11 is 3.16. The number of amides is 2. The van der Waals surface area contributed by atoms with Crippen LogP contribution < -0.4 is 0 Å². The van der Waals surface area contributed by atoms with Gasteiger partial charge < -0.3 is 29.2 Å². The van der Waals surface area contributed by atoms with Gasteiger partial charge in [0.05, 0.1) is 23.7 Å². The molecule has 2 heterocycles. The summed E-state index contributed by atoms with van der Waals surface area (Å²) in [5, 5.41) is 19.8. The van der Waals surface area contributed by atoms with Gasteiger partial charge in [0.15, 0.2) is 23.8 Å². The predicted molar refractivity (Wildman–Crippen MR) is 116 cm³/mol. The van der Waals surface area contributed by atoms with Crippen LogP contribution in [0.5, 0.6) is 0 Å². The fourth-order valence-electron chi connectivity index (χ4n) is 4.19. The van der Waals surface area contributed by atoms with Crippen LogP contribution in [0.25, 0.3) is 0 Å². The molecule has 2 aliphatic heterocycles. The molecule has 0 aromatic rings. The number of ketones is 1. The van der Waals surface area contributed by atoms with Crippen LogP contribution in [0.2, 0.25) is 0 Å². The molecule has 2 aliphatic rings. The lowest BCUT2D eigenvalue weighted by Crippen LogP contribution is -2.58. The summed E-state index contributed by atoms with van der Waals surface area (Å²) in [6, 6.07) is -0.580. The Morgan fingerprint density at radius 2 is 1.97 bits per heavy atom. The number of nitrogens with zero attached hydrogens (tertiary/aromatic N) is 1. The van der Waals surface area contributed by atoms with Crippen LogP contribution in [0, 0.1) is 5.92 Å². The number of rotatable bonds is 10. The molecule has 11 heteroatoms. The summed E-state index contributed by atoms with van der Waals surface area (Å²) in [4.78, 5) is 39.6. The van der Waals surface area contributed by atoms with Gasteiger partial charge in [0, 0.05) is 20.1 Å². The Bertz CT molecular complexity index is 754. The lowest BCUT2D eigenvalue weighted by molar-refractivity contribution is -0.227. The SMILES string of the molecule is CO[C@@H](C(=O)N1C(=O)OC(C)(C)[C@H]1C(C)C)[C@H]1O[C@@](O)(CCCOCCO)C(Br)=CC1=O. The van der Waals surface area contributed by atoms with E-state index >= 15 is 0 Å². The Morgan fingerprint density at radius 3 is 2.53 bits per heavy atom. The summed E-state index contributed by atoms with van der Waals surface area (Å²) in [5.74, 6) is -3.38. The normalized spacial score (nSPS) is 28.7. The molecular weight excluding hydrogens is 490 g/mol. The van der Waals surface area contributed by atoms with E-state index in [1.54, 1.807) is 13.8 Å². The number of carbonyl (C=O) groups is 3. The minimum absolute atomic E-state index is 0.0529. The molecule has 0 aromatic carbocycles. The first-order valence-corrected chi connectivity index (χ1v) is 11.3. The van der Waals surface area contributed by atoms with Gasteiger partial charge in [-0.1, -0.05) is 13.8 Å². The van der Waals surface area contributed by atoms with E-state index in [0.717, 1.165) is 11.0 Å². The van der Waals surface area contributed by atoms with E-state index in [9.17, 15) is 19.5 Å². The molecule has 0 aromatic heterocycles. The first-order valence-electron chi connectivity index (χ1n) is 10.5. The van der Waals surface area contributed by atoms with Crippen LogP contribution in [0.15, 0.2) is 10.6 Å². The number of methoxy groups -OCH3 is 1. The lowest BCUT2D eigenvalue weighted by Gasteiger charge is -2.38. The van der Waals surface area contributed by atoms with E-state index in [1.165, 1.54) is 7.11 Å². The lowest BCUT2D eigenvalue weighted by atomic mass is 9.88. The molecule has 0 spiro atoms. The van der Waals surface area contributed by atoms with Crippen LogP contribution in [-0.4, -0.2) is 89.5 Å². The average Bonchev–Trinajstić information content (AvgIpc) is 2.94. The Morgan fingerprint density at radius 1 is 1.31 bits per heavy atom. The van der Waals surface area contributed by atoms with Crippen molar-refractivity contribution in [3.63, 3.8) is 0 Å². The summed E-state index contributed by atoms with van der Waals surface area (Å²) < 4.78 is 21.7. The molecule has 0 unspecified atom stereocenters. The van der Waals surface area contributed by atoms with Crippen LogP contribution >= 0.6 is 15.9 Å². The van der Waals surface area contributed by atoms with Gasteiger partial charge in [-0.25, -0.2) is 9.69 Å². The maximum absolute atomic E-state index is 13.4. The highest BCUT2D eigenvalue weighted by Gasteiger charge is 2.55. The monoisotopic (exact) mass is 521 g/mol. The molecule has 0 radical (unpaired) electrons. The number of halogens is 1. The minimum atomic E-state index is -1.89. The second-order valence-electron chi connectivity index (χ2n) is 8.68. The van der Waals surface area contributed by atoms with E-state index in [1.807, 2.05) is 13.8 Å². The molecule has 2 rings (SSSR count). The van der Waals surface area contributed by atoms with Crippen LogP contribution in [0.1, 0.15) is 40.5 Å². The summed E-state index contributed by atoms with van der Waals surface area (Å²) in [6.45, 7) is 7.44. The molecule has 10 nitrogen and oxygen atoms in total. The van der Waals surface area contributed by atoms with Crippen molar-refractivity contribution < 1.29 is 43.5 Å². The molecule has 1 fully saturated rings. The van der Waals surface area contributed by atoms with Crippen molar-refractivity contribution in [2.45, 2.75) is 70.2 Å². The van der Waals surface area contributed by atoms with E-state index in [-0.39, 0.29) is 36.6 Å². The number of hydrogen-bond donors (Lipinski definition) is 2. The number of carbonyl (C=O) groups excluding carboxylic acids is 3. The molecule has 2 N–H and O–H groups in total. The van der Waals surface area contributed by atoms with Crippen molar-refractivity contribution in [1.29, 1.82) is 0 Å². The topological polar surface area (TPSA) is 132 Å². The van der Waals surface area contributed by atoms with Crippen LogP contribution in [-0.2, 0) is 28.5 Å². The highest BCUT2D eigenvalue weighted by atomic mass is 79.9. The smallest absolute Gasteiger partial charge is 0.417 e. The zero-order chi connectivity index (χ0) is 24.3. The van der Waals surface area contributed by atoms with Gasteiger partial charge in [0.25, 0.3) is 5.91 Å². The zero-order valence-corrected chi connectivity index (χ0v) is 20.6. The predicted octanol–water partition coefficient (Wildman–Crippen LogP) is 1.51. The van der Waals surface area contributed by atoms with Crippen molar-refractivity contribution in [3.05, 3.63) is 10.6 Å². The van der Waals surface area contributed by atoms with Gasteiger partial charge in [-0.05, 0) is 48.2 Å². The van der Waals surface area contributed by atoms with Gasteiger partial charge in [-0.2, -0.15) is 0 Å². The quantitative estimate of drug-likeness (QED) is 0.410. The number of aliphatic hydroxyl groups is 2. The first kappa shape index (κ1) is 26.9. The maximum Gasteiger partial charge on any atom is 0.417 e. The number of ether oxygens (including phenoxy) is 4. The first-order chi connectivity index (χ1) is 14.9. The second-order valence-corrected chi connectivity index (χ2v) is 9.54. The van der Waals surface area contributed by atoms with Crippen LogP contribution in [0.4, 0.5) is 4.79 Å². The van der Waals surface area contributed by atoms with E-state index in [0.29, 0.717) is 6.42 Å². The second kappa shape index (κ2) is 10.7. The van der Waals surface area contributed by atoms with Crippen molar-refractivity contribution in [3.8, 4) is 0 Å². The van der Waals surface area contributed by atoms with Gasteiger partial charge in [0.2, 0.25) is 0 Å². The third kappa shape index (κ3) is 5.57. The van der Waals surface area contributed by atoms with Gasteiger partial charge in [-0.3, -0.25) is 9.59 Å². The van der Waals surface area contributed by atoms with Crippen LogP contribution in [0.3, 0.4) is 0 Å². The van der Waals surface area contributed by atoms with Gasteiger partial charge in [-0.15, -0.1) is 0 Å². The zero-order valence-electron chi connectivity index (χ0n) is 19.0. The van der Waals surface area contributed by atoms with Crippen molar-refractivity contribution in [2.75, 3.05) is 26.9 Å². The highest BCUT2D eigenvalue weighted by molar-refractivity contribution is 9.11. The molecule has 4 atom stereocenters. The van der Waals surface area contributed by atoms with Crippen molar-refractivity contribution >= 4 is 33.7 Å². The molecule has 0 saturated carbocycles. The Hall–Kier alpha value is -1.37. The number of imide groups is 1. The fraction of sp³-hybridized carbons (Fsp3) is 0.762. The van der Waals surface area contributed by atoms with Crippen molar-refractivity contribution in [2.24, 2.45) is 5.92 Å².